The van der Waals surface area contributed by atoms with Gasteiger partial charge in [-0.05, 0) is 19.8 Å². The van der Waals surface area contributed by atoms with E-state index in [0.717, 1.165) is 32.6 Å². The summed E-state index contributed by atoms with van der Waals surface area (Å²) >= 11 is -2.36. The zero-order valence-corrected chi connectivity index (χ0v) is 9.74. The lowest BCUT2D eigenvalue weighted by atomic mass is 10.3. The van der Waals surface area contributed by atoms with Crippen molar-refractivity contribution in [2.75, 3.05) is 26.4 Å². The molecule has 1 heterocycles. The molecule has 1 atom stereocenters. The highest BCUT2D eigenvalue weighted by Gasteiger charge is 2.08. The van der Waals surface area contributed by atoms with Crippen LogP contribution in [0.4, 0.5) is 0 Å². The van der Waals surface area contributed by atoms with Gasteiger partial charge < -0.3 is 18.5 Å². The van der Waals surface area contributed by atoms with Gasteiger partial charge in [-0.2, -0.15) is 0 Å². The van der Waals surface area contributed by atoms with Gasteiger partial charge in [-0.15, -0.1) is 0 Å². The lowest BCUT2D eigenvalue weighted by Crippen LogP contribution is -2.25. The molecule has 5 nitrogen and oxygen atoms in total. The Labute approximate surface area is 93.2 Å². The van der Waals surface area contributed by atoms with Crippen molar-refractivity contribution >= 4 is 11.4 Å². The minimum atomic E-state index is -2.36. The molecule has 0 aliphatic carbocycles. The predicted molar refractivity (Wildman–Crippen MR) is 57.2 cm³/mol. The SMILES string of the molecule is CCN1C=CN(CCCCOS(=O)[O-])C1. The molecule has 6 heteroatoms. The number of rotatable bonds is 7. The number of hydrogen-bond acceptors (Lipinski definition) is 5. The first-order valence-electron chi connectivity index (χ1n) is 5.11. The van der Waals surface area contributed by atoms with Crippen LogP contribution in [-0.4, -0.2) is 44.9 Å². The molecule has 0 radical (unpaired) electrons. The van der Waals surface area contributed by atoms with Crippen molar-refractivity contribution in [1.29, 1.82) is 0 Å². The van der Waals surface area contributed by atoms with E-state index in [4.69, 9.17) is 0 Å². The van der Waals surface area contributed by atoms with Crippen LogP contribution in [0, 0.1) is 0 Å². The van der Waals surface area contributed by atoms with Gasteiger partial charge in [0.05, 0.1) is 24.6 Å². The maximum absolute atomic E-state index is 10.1. The topological polar surface area (TPSA) is 55.8 Å². The second-order valence-corrected chi connectivity index (χ2v) is 4.03. The molecule has 1 aliphatic rings. The van der Waals surface area contributed by atoms with Gasteiger partial charge in [0.15, 0.2) is 0 Å². The molecule has 0 aromatic rings. The number of hydrogen-bond donors (Lipinski definition) is 0. The average Bonchev–Trinajstić information content (AvgIpc) is 2.65. The normalized spacial score (nSPS) is 17.5. The fraction of sp³-hybridized carbons (Fsp3) is 0.778. The first-order valence-corrected chi connectivity index (χ1v) is 6.11. The van der Waals surface area contributed by atoms with Gasteiger partial charge in [-0.25, -0.2) is 4.21 Å². The van der Waals surface area contributed by atoms with Crippen LogP contribution in [0.5, 0.6) is 0 Å². The van der Waals surface area contributed by atoms with Crippen molar-refractivity contribution in [1.82, 2.24) is 9.80 Å². The van der Waals surface area contributed by atoms with E-state index in [9.17, 15) is 8.76 Å². The molecule has 1 aliphatic heterocycles. The molecule has 1 unspecified atom stereocenters. The summed E-state index contributed by atoms with van der Waals surface area (Å²) < 4.78 is 24.5. The summed E-state index contributed by atoms with van der Waals surface area (Å²) in [6.07, 6.45) is 5.85. The van der Waals surface area contributed by atoms with E-state index >= 15 is 0 Å². The third-order valence-corrected chi connectivity index (χ3v) is 2.64. The lowest BCUT2D eigenvalue weighted by molar-refractivity contribution is 0.253. The highest BCUT2D eigenvalue weighted by Crippen LogP contribution is 2.07. The van der Waals surface area contributed by atoms with Crippen LogP contribution >= 0.6 is 0 Å². The van der Waals surface area contributed by atoms with Crippen molar-refractivity contribution in [3.8, 4) is 0 Å². The minimum absolute atomic E-state index is 0.283. The van der Waals surface area contributed by atoms with Crippen LogP contribution in [-0.2, 0) is 15.5 Å². The van der Waals surface area contributed by atoms with Crippen molar-refractivity contribution < 1.29 is 12.9 Å². The Morgan fingerprint density at radius 1 is 1.40 bits per heavy atom. The molecule has 0 spiro atoms. The summed E-state index contributed by atoms with van der Waals surface area (Å²) in [7, 11) is 0. The Bertz CT molecular complexity index is 235. The fourth-order valence-corrected chi connectivity index (χ4v) is 1.66. The summed E-state index contributed by atoms with van der Waals surface area (Å²) in [5.41, 5.74) is 0. The minimum Gasteiger partial charge on any atom is -0.750 e. The van der Waals surface area contributed by atoms with Gasteiger partial charge in [0.1, 0.15) is 0 Å². The number of unbranched alkanes of at least 4 members (excludes halogenated alkanes) is 1. The van der Waals surface area contributed by atoms with Gasteiger partial charge in [-0.3, -0.25) is 0 Å². The Morgan fingerprint density at radius 2 is 2.13 bits per heavy atom. The van der Waals surface area contributed by atoms with Crippen LogP contribution in [0.25, 0.3) is 0 Å². The van der Waals surface area contributed by atoms with Crippen molar-refractivity contribution in [3.05, 3.63) is 12.4 Å². The van der Waals surface area contributed by atoms with Crippen LogP contribution in [0.2, 0.25) is 0 Å². The van der Waals surface area contributed by atoms with E-state index in [0.29, 0.717) is 0 Å². The molecule has 0 fully saturated rings. The largest absolute Gasteiger partial charge is 0.750 e. The Morgan fingerprint density at radius 3 is 2.73 bits per heavy atom. The van der Waals surface area contributed by atoms with Gasteiger partial charge in [0.25, 0.3) is 0 Å². The van der Waals surface area contributed by atoms with Crippen LogP contribution in [0.1, 0.15) is 19.8 Å². The highest BCUT2D eigenvalue weighted by atomic mass is 32.2. The molecule has 0 aromatic heterocycles. The van der Waals surface area contributed by atoms with Crippen molar-refractivity contribution in [2.24, 2.45) is 0 Å². The molecule has 0 saturated heterocycles. The fourth-order valence-electron chi connectivity index (χ4n) is 1.41. The van der Waals surface area contributed by atoms with E-state index in [2.05, 4.69) is 33.3 Å². The average molecular weight is 233 g/mol. The molecule has 0 bridgehead atoms. The lowest BCUT2D eigenvalue weighted by Gasteiger charge is -2.19. The molecule has 0 amide bonds. The monoisotopic (exact) mass is 233 g/mol. The summed E-state index contributed by atoms with van der Waals surface area (Å²) in [5.74, 6) is 0. The molecule has 88 valence electrons. The van der Waals surface area contributed by atoms with Crippen LogP contribution < -0.4 is 0 Å². The van der Waals surface area contributed by atoms with Crippen molar-refractivity contribution in [3.63, 3.8) is 0 Å². The Kier molecular flexibility index (Phi) is 5.67. The van der Waals surface area contributed by atoms with E-state index in [1.54, 1.807) is 0 Å². The summed E-state index contributed by atoms with van der Waals surface area (Å²) in [4.78, 5) is 4.42. The van der Waals surface area contributed by atoms with E-state index in [1.807, 2.05) is 0 Å². The molecule has 1 rings (SSSR count). The zero-order chi connectivity index (χ0) is 11.1. The van der Waals surface area contributed by atoms with Gasteiger partial charge in [0, 0.05) is 25.5 Å². The molecule has 0 saturated carbocycles. The highest BCUT2D eigenvalue weighted by molar-refractivity contribution is 7.74. The van der Waals surface area contributed by atoms with Crippen molar-refractivity contribution in [2.45, 2.75) is 19.8 Å². The summed E-state index contributed by atoms with van der Waals surface area (Å²) in [6.45, 7) is 5.30. The van der Waals surface area contributed by atoms with E-state index < -0.39 is 11.4 Å². The summed E-state index contributed by atoms with van der Waals surface area (Å²) in [5, 5.41) is 0. The smallest absolute Gasteiger partial charge is 0.0893 e. The quantitative estimate of drug-likeness (QED) is 0.477. The van der Waals surface area contributed by atoms with Gasteiger partial charge in [0.2, 0.25) is 0 Å². The molecular weight excluding hydrogens is 216 g/mol. The molecule has 15 heavy (non-hydrogen) atoms. The predicted octanol–water partition coefficient (Wildman–Crippen LogP) is 0.644. The van der Waals surface area contributed by atoms with Crippen LogP contribution in [0.15, 0.2) is 12.4 Å². The maximum Gasteiger partial charge on any atom is 0.0893 e. The first kappa shape index (κ1) is 12.5. The third-order valence-electron chi connectivity index (χ3n) is 2.28. The van der Waals surface area contributed by atoms with E-state index in [-0.39, 0.29) is 6.61 Å². The standard InChI is InChI=1S/C9H18N2O3S/c1-2-10-6-7-11(9-10)5-3-4-8-14-15(12)13/h6-7H,2-5,8-9H2,1H3,(H,12,13)/p-1. The van der Waals surface area contributed by atoms with Crippen LogP contribution in [0.3, 0.4) is 0 Å². The maximum atomic E-state index is 10.1. The molecule has 0 N–H and O–H groups in total. The molecule has 0 aromatic carbocycles. The molecular formula is C9H17N2O3S-. The Balaban J connectivity index is 1.97. The van der Waals surface area contributed by atoms with E-state index in [1.165, 1.54) is 0 Å². The second-order valence-electron chi connectivity index (χ2n) is 3.39. The van der Waals surface area contributed by atoms with Gasteiger partial charge >= 0.3 is 0 Å². The number of nitrogens with zero attached hydrogens (tertiary/aromatic N) is 2. The third kappa shape index (κ3) is 5.15. The second kappa shape index (κ2) is 6.81. The first-order chi connectivity index (χ1) is 7.22. The Hall–Kier alpha value is -0.590. The summed E-state index contributed by atoms with van der Waals surface area (Å²) in [6, 6.07) is 0. The zero-order valence-electron chi connectivity index (χ0n) is 8.92. The van der Waals surface area contributed by atoms with Gasteiger partial charge in [-0.1, -0.05) is 0 Å².